The Kier molecular flexibility index (Phi) is 3.13. The highest BCUT2D eigenvalue weighted by molar-refractivity contribution is 5.92. The van der Waals surface area contributed by atoms with Crippen molar-refractivity contribution in [1.82, 2.24) is 4.90 Å². The normalized spacial score (nSPS) is 31.6. The average Bonchev–Trinajstić information content (AvgIpc) is 2.65. The van der Waals surface area contributed by atoms with Crippen LogP contribution in [0.3, 0.4) is 0 Å². The van der Waals surface area contributed by atoms with Gasteiger partial charge in [0.1, 0.15) is 0 Å². The lowest BCUT2D eigenvalue weighted by Gasteiger charge is -2.38. The maximum Gasteiger partial charge on any atom is 0.157 e. The Labute approximate surface area is 92.3 Å². The van der Waals surface area contributed by atoms with Crippen molar-refractivity contribution < 1.29 is 4.79 Å². The first-order valence-electron chi connectivity index (χ1n) is 6.14. The number of nitrogens with zero attached hydrogens (tertiary/aromatic N) is 1. The molecule has 0 N–H and O–H groups in total. The second-order valence-electron chi connectivity index (χ2n) is 5.04. The van der Waals surface area contributed by atoms with Gasteiger partial charge in [0.05, 0.1) is 0 Å². The van der Waals surface area contributed by atoms with Crippen molar-refractivity contribution in [3.63, 3.8) is 0 Å². The third-order valence-electron chi connectivity index (χ3n) is 3.97. The number of hydrogen-bond acceptors (Lipinski definition) is 2. The molecule has 0 spiro atoms. The summed E-state index contributed by atoms with van der Waals surface area (Å²) >= 11 is 0. The summed E-state index contributed by atoms with van der Waals surface area (Å²) in [4.78, 5) is 13.6. The molecule has 0 aromatic rings. The molecule has 84 valence electrons. The maximum absolute atomic E-state index is 11.2. The average molecular weight is 207 g/mol. The Morgan fingerprint density at radius 1 is 1.27 bits per heavy atom. The Balaban J connectivity index is 2.03. The van der Waals surface area contributed by atoms with E-state index in [0.717, 1.165) is 18.8 Å². The Bertz CT molecular complexity index is 282. The summed E-state index contributed by atoms with van der Waals surface area (Å²) in [6.07, 6.45) is 8.89. The van der Waals surface area contributed by atoms with Crippen molar-refractivity contribution in [3.8, 4) is 0 Å². The van der Waals surface area contributed by atoms with E-state index < -0.39 is 0 Å². The first kappa shape index (κ1) is 10.7. The lowest BCUT2D eigenvalue weighted by molar-refractivity contribution is -0.114. The summed E-state index contributed by atoms with van der Waals surface area (Å²) in [6, 6.07) is 0.663. The summed E-state index contributed by atoms with van der Waals surface area (Å²) in [6.45, 7) is 2.34. The fourth-order valence-electron chi connectivity index (χ4n) is 2.94. The van der Waals surface area contributed by atoms with Gasteiger partial charge in [-0.3, -0.25) is 4.79 Å². The summed E-state index contributed by atoms with van der Waals surface area (Å²) in [5.41, 5.74) is 1.26. The van der Waals surface area contributed by atoms with Crippen molar-refractivity contribution in [3.05, 3.63) is 11.8 Å². The Morgan fingerprint density at radius 2 is 2.00 bits per heavy atom. The van der Waals surface area contributed by atoms with E-state index >= 15 is 0 Å². The zero-order valence-electron chi connectivity index (χ0n) is 9.83. The van der Waals surface area contributed by atoms with Gasteiger partial charge < -0.3 is 4.90 Å². The molecule has 0 heterocycles. The van der Waals surface area contributed by atoms with Crippen LogP contribution in [0.4, 0.5) is 0 Å². The minimum absolute atomic E-state index is 0.306. The van der Waals surface area contributed by atoms with Crippen molar-refractivity contribution in [2.24, 2.45) is 5.92 Å². The third kappa shape index (κ3) is 2.24. The third-order valence-corrected chi connectivity index (χ3v) is 3.97. The van der Waals surface area contributed by atoms with Gasteiger partial charge in [-0.05, 0) is 25.2 Å². The second kappa shape index (κ2) is 4.38. The van der Waals surface area contributed by atoms with Gasteiger partial charge in [0.25, 0.3) is 0 Å². The molecule has 0 bridgehead atoms. The summed E-state index contributed by atoms with van der Waals surface area (Å²) in [7, 11) is 2.16. The van der Waals surface area contributed by atoms with E-state index in [1.165, 1.54) is 31.4 Å². The molecule has 2 heteroatoms. The topological polar surface area (TPSA) is 20.3 Å². The van der Waals surface area contributed by atoms with E-state index in [2.05, 4.69) is 18.9 Å². The van der Waals surface area contributed by atoms with Gasteiger partial charge in [0, 0.05) is 31.3 Å². The van der Waals surface area contributed by atoms with E-state index in [0.29, 0.717) is 11.8 Å². The van der Waals surface area contributed by atoms with Crippen LogP contribution < -0.4 is 0 Å². The number of hydrogen-bond donors (Lipinski definition) is 0. The first-order chi connectivity index (χ1) is 7.18. The van der Waals surface area contributed by atoms with Gasteiger partial charge in [0.15, 0.2) is 5.78 Å². The molecular weight excluding hydrogens is 186 g/mol. The first-order valence-corrected chi connectivity index (χ1v) is 6.14. The second-order valence-corrected chi connectivity index (χ2v) is 5.04. The van der Waals surface area contributed by atoms with Crippen LogP contribution in [0, 0.1) is 5.92 Å². The van der Waals surface area contributed by atoms with Gasteiger partial charge >= 0.3 is 0 Å². The molecule has 2 aliphatic carbocycles. The molecule has 2 unspecified atom stereocenters. The van der Waals surface area contributed by atoms with Gasteiger partial charge in [-0.25, -0.2) is 0 Å². The smallest absolute Gasteiger partial charge is 0.157 e. The van der Waals surface area contributed by atoms with Crippen LogP contribution in [-0.4, -0.2) is 23.8 Å². The van der Waals surface area contributed by atoms with Gasteiger partial charge in [-0.1, -0.05) is 19.8 Å². The van der Waals surface area contributed by atoms with Crippen LogP contribution in [0.2, 0.25) is 0 Å². The van der Waals surface area contributed by atoms with Crippen molar-refractivity contribution in [2.45, 2.75) is 51.5 Å². The standard InChI is InChI=1S/C13H21NO/c1-10-5-3-4-6-13(10)14(2)11-7-8-12(15)9-11/h9-10,13H,3-8H2,1-2H3. The number of carbonyl (C=O) groups is 1. The number of carbonyl (C=O) groups excluding carboxylic acids is 1. The van der Waals surface area contributed by atoms with Crippen molar-refractivity contribution in [2.75, 3.05) is 7.05 Å². The van der Waals surface area contributed by atoms with Crippen LogP contribution in [0.15, 0.2) is 11.8 Å². The van der Waals surface area contributed by atoms with Gasteiger partial charge in [0.2, 0.25) is 0 Å². The van der Waals surface area contributed by atoms with Crippen LogP contribution in [0.1, 0.15) is 45.4 Å². The van der Waals surface area contributed by atoms with Crippen molar-refractivity contribution in [1.29, 1.82) is 0 Å². The molecule has 1 fully saturated rings. The monoisotopic (exact) mass is 207 g/mol. The largest absolute Gasteiger partial charge is 0.375 e. The molecule has 1 saturated carbocycles. The molecule has 0 amide bonds. The molecule has 0 aromatic heterocycles. The summed E-state index contributed by atoms with van der Waals surface area (Å²) in [5.74, 6) is 1.08. The predicted molar refractivity (Wildman–Crippen MR) is 61.5 cm³/mol. The summed E-state index contributed by atoms with van der Waals surface area (Å²) < 4.78 is 0. The zero-order valence-corrected chi connectivity index (χ0v) is 9.83. The maximum atomic E-state index is 11.2. The highest BCUT2D eigenvalue weighted by Crippen LogP contribution is 2.31. The quantitative estimate of drug-likeness (QED) is 0.694. The SMILES string of the molecule is CC1CCCCC1N(C)C1=CC(=O)CC1. The van der Waals surface area contributed by atoms with E-state index in [4.69, 9.17) is 0 Å². The predicted octanol–water partition coefficient (Wildman–Crippen LogP) is 2.74. The molecule has 2 nitrogen and oxygen atoms in total. The molecule has 0 saturated heterocycles. The van der Waals surface area contributed by atoms with Crippen LogP contribution in [-0.2, 0) is 4.79 Å². The lowest BCUT2D eigenvalue weighted by Crippen LogP contribution is -2.37. The fourth-order valence-corrected chi connectivity index (χ4v) is 2.94. The van der Waals surface area contributed by atoms with Crippen molar-refractivity contribution >= 4 is 5.78 Å². The van der Waals surface area contributed by atoms with E-state index in [9.17, 15) is 4.79 Å². The minimum atomic E-state index is 0.306. The van der Waals surface area contributed by atoms with Gasteiger partial charge in [-0.2, -0.15) is 0 Å². The van der Waals surface area contributed by atoms with E-state index in [1.807, 2.05) is 6.08 Å². The van der Waals surface area contributed by atoms with Gasteiger partial charge in [-0.15, -0.1) is 0 Å². The molecule has 2 aliphatic rings. The number of ketones is 1. The van der Waals surface area contributed by atoms with Crippen LogP contribution >= 0.6 is 0 Å². The molecule has 2 rings (SSSR count). The van der Waals surface area contributed by atoms with Crippen LogP contribution in [0.25, 0.3) is 0 Å². The Hall–Kier alpha value is -0.790. The molecule has 0 aromatic carbocycles. The molecular formula is C13H21NO. The zero-order chi connectivity index (χ0) is 10.8. The lowest BCUT2D eigenvalue weighted by atomic mass is 9.85. The molecule has 0 radical (unpaired) electrons. The number of allylic oxidation sites excluding steroid dienone is 2. The molecule has 0 aliphatic heterocycles. The van der Waals surface area contributed by atoms with Crippen LogP contribution in [0.5, 0.6) is 0 Å². The minimum Gasteiger partial charge on any atom is -0.375 e. The molecule has 2 atom stereocenters. The number of rotatable bonds is 2. The summed E-state index contributed by atoms with van der Waals surface area (Å²) in [5, 5.41) is 0. The highest BCUT2D eigenvalue weighted by Gasteiger charge is 2.27. The van der Waals surface area contributed by atoms with E-state index in [-0.39, 0.29) is 0 Å². The Morgan fingerprint density at radius 3 is 2.60 bits per heavy atom. The molecule has 15 heavy (non-hydrogen) atoms. The highest BCUT2D eigenvalue weighted by atomic mass is 16.1. The van der Waals surface area contributed by atoms with E-state index in [1.54, 1.807) is 0 Å². The fraction of sp³-hybridized carbons (Fsp3) is 0.769.